The van der Waals surface area contributed by atoms with Crippen molar-refractivity contribution < 1.29 is 4.57 Å². The van der Waals surface area contributed by atoms with Crippen LogP contribution in [0.5, 0.6) is 0 Å². The second kappa shape index (κ2) is 8.14. The van der Waals surface area contributed by atoms with Gasteiger partial charge in [0.1, 0.15) is 11.7 Å². The Balaban J connectivity index is 1.41. The van der Waals surface area contributed by atoms with Gasteiger partial charge in [0.05, 0.1) is 10.7 Å². The van der Waals surface area contributed by atoms with Crippen molar-refractivity contribution in [3.63, 3.8) is 0 Å². The number of allylic oxidation sites excluding steroid dienone is 3. The Hall–Kier alpha value is -2.04. The summed E-state index contributed by atoms with van der Waals surface area (Å²) < 4.78 is 3.81. The minimum absolute atomic E-state index is 0.609. The highest BCUT2D eigenvalue weighted by Crippen LogP contribution is 2.46. The molecule has 0 spiro atoms. The maximum Gasteiger partial charge on any atom is 0.238 e. The lowest BCUT2D eigenvalue weighted by molar-refractivity contribution is -0.648. The molecule has 0 saturated carbocycles. The molecule has 2 heterocycles. The van der Waals surface area contributed by atoms with Gasteiger partial charge in [-0.2, -0.15) is 4.57 Å². The molecular weight excluding hydrogens is 416 g/mol. The number of thiazole rings is 1. The van der Waals surface area contributed by atoms with Crippen LogP contribution in [0.25, 0.3) is 10.2 Å². The van der Waals surface area contributed by atoms with Crippen LogP contribution in [0.1, 0.15) is 35.9 Å². The van der Waals surface area contributed by atoms with Gasteiger partial charge in [-0.05, 0) is 79.5 Å². The topological polar surface area (TPSA) is 7.12 Å². The van der Waals surface area contributed by atoms with E-state index in [0.29, 0.717) is 5.92 Å². The third-order valence-electron chi connectivity index (χ3n) is 6.59. The fourth-order valence-corrected chi connectivity index (χ4v) is 7.53. The van der Waals surface area contributed by atoms with E-state index in [-0.39, 0.29) is 0 Å². The van der Waals surface area contributed by atoms with E-state index in [2.05, 4.69) is 92.9 Å². The average Bonchev–Trinajstić information content (AvgIpc) is 3.17. The number of anilines is 1. The van der Waals surface area contributed by atoms with E-state index in [1.807, 2.05) is 23.1 Å². The molecule has 2 nitrogen and oxygen atoms in total. The van der Waals surface area contributed by atoms with Crippen LogP contribution >= 0.6 is 23.1 Å². The van der Waals surface area contributed by atoms with Gasteiger partial charge in [0, 0.05) is 24.4 Å². The van der Waals surface area contributed by atoms with E-state index >= 15 is 0 Å². The molecule has 0 amide bonds. The highest BCUT2D eigenvalue weighted by molar-refractivity contribution is 8.03. The molecule has 160 valence electrons. The summed E-state index contributed by atoms with van der Waals surface area (Å²) >= 11 is 3.88. The molecule has 3 aromatic rings. The first-order valence-electron chi connectivity index (χ1n) is 11.2. The van der Waals surface area contributed by atoms with E-state index in [9.17, 15) is 0 Å². The van der Waals surface area contributed by atoms with Crippen molar-refractivity contribution in [3.05, 3.63) is 75.3 Å². The number of aryl methyl sites for hydroxylation is 3. The Bertz CT molecular complexity index is 1220. The zero-order valence-electron chi connectivity index (χ0n) is 19.1. The van der Waals surface area contributed by atoms with E-state index in [1.54, 1.807) is 0 Å². The molecule has 2 aromatic carbocycles. The van der Waals surface area contributed by atoms with Crippen molar-refractivity contribution in [2.24, 2.45) is 18.9 Å². The molecule has 31 heavy (non-hydrogen) atoms. The monoisotopic (exact) mass is 447 g/mol. The van der Waals surface area contributed by atoms with Gasteiger partial charge in [0.15, 0.2) is 0 Å². The van der Waals surface area contributed by atoms with Crippen molar-refractivity contribution in [2.75, 3.05) is 11.9 Å². The molecule has 1 aliphatic heterocycles. The Morgan fingerprint density at radius 1 is 1.13 bits per heavy atom. The van der Waals surface area contributed by atoms with Gasteiger partial charge in [0.2, 0.25) is 10.5 Å². The minimum atomic E-state index is 0.609. The van der Waals surface area contributed by atoms with Gasteiger partial charge in [-0.1, -0.05) is 48.2 Å². The number of rotatable bonds is 3. The summed E-state index contributed by atoms with van der Waals surface area (Å²) in [6.45, 7) is 6.77. The van der Waals surface area contributed by atoms with Crippen LogP contribution in [0, 0.1) is 25.7 Å². The molecule has 2 atom stereocenters. The molecule has 0 bridgehead atoms. The first kappa shape index (κ1) is 20.8. The number of fused-ring (bicyclic) bond motifs is 2. The van der Waals surface area contributed by atoms with Crippen molar-refractivity contribution in [2.45, 2.75) is 44.9 Å². The van der Waals surface area contributed by atoms with Crippen LogP contribution in [0.3, 0.4) is 0 Å². The smallest absolute Gasteiger partial charge is 0.238 e. The summed E-state index contributed by atoms with van der Waals surface area (Å²) in [7, 11) is 4.43. The third-order valence-corrected chi connectivity index (χ3v) is 8.96. The van der Waals surface area contributed by atoms with Gasteiger partial charge in [0.25, 0.3) is 0 Å². The van der Waals surface area contributed by atoms with Crippen LogP contribution in [0.4, 0.5) is 5.69 Å². The van der Waals surface area contributed by atoms with Gasteiger partial charge < -0.3 is 4.90 Å². The van der Waals surface area contributed by atoms with E-state index in [0.717, 1.165) is 12.3 Å². The quantitative estimate of drug-likeness (QED) is 0.401. The van der Waals surface area contributed by atoms with Crippen LogP contribution in [0.15, 0.2) is 64.0 Å². The van der Waals surface area contributed by atoms with Crippen LogP contribution in [0.2, 0.25) is 0 Å². The summed E-state index contributed by atoms with van der Waals surface area (Å²) in [4.78, 5) is 3.73. The predicted octanol–water partition coefficient (Wildman–Crippen LogP) is 6.94. The molecule has 1 aliphatic carbocycles. The number of benzene rings is 2. The largest absolute Gasteiger partial charge is 0.338 e. The molecule has 1 aromatic heterocycles. The lowest BCUT2D eigenvalue weighted by atomic mass is 9.82. The molecule has 0 saturated heterocycles. The molecule has 0 N–H and O–H groups in total. The molecule has 0 fully saturated rings. The highest BCUT2D eigenvalue weighted by Gasteiger charge is 2.27. The molecule has 0 radical (unpaired) electrons. The minimum Gasteiger partial charge on any atom is -0.338 e. The van der Waals surface area contributed by atoms with Gasteiger partial charge in [-0.25, -0.2) is 0 Å². The molecular formula is C27H31N2S2+. The zero-order valence-corrected chi connectivity index (χ0v) is 20.7. The van der Waals surface area contributed by atoms with Crippen LogP contribution < -0.4 is 9.47 Å². The molecule has 5 rings (SSSR count). The highest BCUT2D eigenvalue weighted by atomic mass is 32.2. The van der Waals surface area contributed by atoms with Crippen LogP contribution in [-0.4, -0.2) is 7.05 Å². The van der Waals surface area contributed by atoms with Crippen LogP contribution in [-0.2, 0) is 13.5 Å². The summed E-state index contributed by atoms with van der Waals surface area (Å²) in [6, 6.07) is 13.6. The van der Waals surface area contributed by atoms with Crippen molar-refractivity contribution >= 4 is 39.0 Å². The molecule has 2 aliphatic rings. The maximum absolute atomic E-state index is 2.56. The van der Waals surface area contributed by atoms with Crippen molar-refractivity contribution in [1.29, 1.82) is 0 Å². The number of hydrogen-bond donors (Lipinski definition) is 0. The predicted molar refractivity (Wildman–Crippen MR) is 135 cm³/mol. The molecule has 4 heteroatoms. The van der Waals surface area contributed by atoms with Crippen molar-refractivity contribution in [3.8, 4) is 0 Å². The lowest BCUT2D eigenvalue weighted by Gasteiger charge is -2.25. The normalized spacial score (nSPS) is 22.3. The van der Waals surface area contributed by atoms with Gasteiger partial charge >= 0.3 is 0 Å². The molecule has 2 unspecified atom stereocenters. The summed E-state index contributed by atoms with van der Waals surface area (Å²) in [5.41, 5.74) is 6.86. The van der Waals surface area contributed by atoms with Gasteiger partial charge in [-0.3, -0.25) is 0 Å². The Morgan fingerprint density at radius 2 is 1.90 bits per heavy atom. The van der Waals surface area contributed by atoms with E-state index < -0.39 is 0 Å². The first-order chi connectivity index (χ1) is 14.9. The lowest BCUT2D eigenvalue weighted by Crippen LogP contribution is -2.32. The SMILES string of the molecule is Cc1ccc2c(c1)SC(=CC1=CC(Cc3sc4cc(C)ccc4[n+]3C)CC(C)C1)N2C. The van der Waals surface area contributed by atoms with E-state index in [1.165, 1.54) is 60.4 Å². The summed E-state index contributed by atoms with van der Waals surface area (Å²) in [6.07, 6.45) is 8.60. The summed E-state index contributed by atoms with van der Waals surface area (Å²) in [5, 5.41) is 2.83. The fraction of sp³-hybridized carbons (Fsp3) is 0.370. The first-order valence-corrected chi connectivity index (χ1v) is 12.8. The Labute approximate surface area is 194 Å². The fourth-order valence-electron chi connectivity index (χ4n) is 4.97. The third kappa shape index (κ3) is 4.08. The number of hydrogen-bond acceptors (Lipinski definition) is 3. The standard InChI is InChI=1S/C27H31N2S2/c1-17-6-8-22-24(12-17)30-26(28(22)4)15-20-10-19(3)11-21(14-20)16-27-29(5)23-9-7-18(2)13-25(23)31-27/h6-9,12-15,19,21H,10-11,16H2,1-5H3/q+1. The van der Waals surface area contributed by atoms with Gasteiger partial charge in [-0.15, -0.1) is 0 Å². The van der Waals surface area contributed by atoms with Crippen molar-refractivity contribution in [1.82, 2.24) is 0 Å². The second-order valence-corrected chi connectivity index (χ2v) is 11.6. The number of nitrogens with zero attached hydrogens (tertiary/aromatic N) is 2. The number of thioether (sulfide) groups is 1. The second-order valence-electron chi connectivity index (χ2n) is 9.39. The Morgan fingerprint density at radius 3 is 2.74 bits per heavy atom. The Kier molecular flexibility index (Phi) is 5.47. The van der Waals surface area contributed by atoms with E-state index in [4.69, 9.17) is 0 Å². The zero-order chi connectivity index (χ0) is 21.7. The maximum atomic E-state index is 2.56. The number of aromatic nitrogens is 1. The average molecular weight is 448 g/mol. The summed E-state index contributed by atoms with van der Waals surface area (Å²) in [5.74, 6) is 1.34.